The molecule has 4 rings (SSSR count). The number of likely N-dealkylation sites (N-methyl/N-ethyl adjacent to an activating group) is 1. The molecule has 28 heavy (non-hydrogen) atoms. The Bertz CT molecular complexity index is 686. The Morgan fingerprint density at radius 2 is 1.93 bits per heavy atom. The zero-order valence-electron chi connectivity index (χ0n) is 18.3. The molecule has 1 heterocycles. The van der Waals surface area contributed by atoms with Gasteiger partial charge in [0, 0.05) is 30.0 Å². The van der Waals surface area contributed by atoms with Crippen molar-refractivity contribution in [2.24, 2.45) is 34.5 Å². The molecule has 156 valence electrons. The van der Waals surface area contributed by atoms with Gasteiger partial charge < -0.3 is 10.2 Å². The zero-order valence-corrected chi connectivity index (χ0v) is 18.3. The van der Waals surface area contributed by atoms with Gasteiger partial charge in [0.05, 0.1) is 0 Å². The number of hydrogen-bond acceptors (Lipinski definition) is 2. The van der Waals surface area contributed by atoms with Crippen molar-refractivity contribution in [2.45, 2.75) is 85.2 Å². The lowest BCUT2D eigenvalue weighted by atomic mass is 9.47. The van der Waals surface area contributed by atoms with Crippen LogP contribution in [-0.4, -0.2) is 35.3 Å². The van der Waals surface area contributed by atoms with Gasteiger partial charge in [-0.25, -0.2) is 0 Å². The Morgan fingerprint density at radius 3 is 2.61 bits per heavy atom. The molecule has 0 aromatic rings. The molecule has 4 heteroatoms. The molecule has 3 aliphatic carbocycles. The van der Waals surface area contributed by atoms with Crippen LogP contribution in [0.1, 0.15) is 73.1 Å². The van der Waals surface area contributed by atoms with Gasteiger partial charge >= 0.3 is 0 Å². The highest BCUT2D eigenvalue weighted by molar-refractivity contribution is 5.89. The molecule has 2 amide bonds. The lowest BCUT2D eigenvalue weighted by Crippen LogP contribution is -2.60. The molecule has 3 saturated carbocycles. The first kappa shape index (κ1) is 20.0. The number of rotatable bonds is 3. The van der Waals surface area contributed by atoms with Gasteiger partial charge in [0.25, 0.3) is 0 Å². The first-order valence-corrected chi connectivity index (χ1v) is 11.5. The molecule has 3 fully saturated rings. The van der Waals surface area contributed by atoms with Crippen molar-refractivity contribution in [3.63, 3.8) is 0 Å². The van der Waals surface area contributed by atoms with E-state index in [1.165, 1.54) is 19.3 Å². The number of nitrogens with zero attached hydrogens (tertiary/aromatic N) is 1. The lowest BCUT2D eigenvalue weighted by Gasteiger charge is -2.60. The quantitative estimate of drug-likeness (QED) is 0.792. The minimum Gasteiger partial charge on any atom is -0.354 e. The summed E-state index contributed by atoms with van der Waals surface area (Å²) >= 11 is 0. The van der Waals surface area contributed by atoms with E-state index in [1.54, 1.807) is 0 Å². The van der Waals surface area contributed by atoms with Crippen LogP contribution >= 0.6 is 0 Å². The number of carbonyl (C=O) groups is 2. The Labute approximate surface area is 170 Å². The SMILES string of the molecule is CCN1C(=O)C=C[C@]2(C)[C@H]3CC[C@]4(C)[C@@H](C(=O)NC(C)C)CC[C@H]4[C@@H]3CC[C@@H]12. The normalized spacial score (nSPS) is 44.9. The summed E-state index contributed by atoms with van der Waals surface area (Å²) in [7, 11) is 0. The summed E-state index contributed by atoms with van der Waals surface area (Å²) in [6.07, 6.45) is 11.0. The van der Waals surface area contributed by atoms with Crippen molar-refractivity contribution in [2.75, 3.05) is 6.54 Å². The third-order valence-corrected chi connectivity index (χ3v) is 9.06. The number of fused-ring (bicyclic) bond motifs is 5. The van der Waals surface area contributed by atoms with E-state index in [4.69, 9.17) is 0 Å². The summed E-state index contributed by atoms with van der Waals surface area (Å²) in [5.74, 6) is 2.60. The summed E-state index contributed by atoms with van der Waals surface area (Å²) < 4.78 is 0. The second-order valence-electron chi connectivity index (χ2n) is 10.6. The van der Waals surface area contributed by atoms with Crippen molar-refractivity contribution in [3.05, 3.63) is 12.2 Å². The van der Waals surface area contributed by atoms with Crippen molar-refractivity contribution in [1.82, 2.24) is 10.2 Å². The summed E-state index contributed by atoms with van der Waals surface area (Å²) in [6, 6.07) is 0.563. The lowest BCUT2D eigenvalue weighted by molar-refractivity contribution is -0.144. The Balaban J connectivity index is 1.60. The second-order valence-corrected chi connectivity index (χ2v) is 10.6. The van der Waals surface area contributed by atoms with E-state index in [0.29, 0.717) is 23.8 Å². The molecule has 0 saturated heterocycles. The molecule has 1 N–H and O–H groups in total. The molecule has 7 atom stereocenters. The minimum atomic E-state index is 0.0897. The monoisotopic (exact) mass is 386 g/mol. The standard InChI is InChI=1S/C24H38N2O2/c1-6-26-20-10-7-16-17-8-9-19(22(28)25-15(2)3)23(17,4)13-11-18(16)24(20,5)14-12-21(26)27/h12,14-20H,6-11,13H2,1-5H3,(H,25,28)/t16-,17-,18-,19+,20+,23-,24+/m0/s1. The molecule has 0 aromatic carbocycles. The summed E-state index contributed by atoms with van der Waals surface area (Å²) in [4.78, 5) is 27.4. The summed E-state index contributed by atoms with van der Waals surface area (Å²) in [5, 5.41) is 3.19. The predicted octanol–water partition coefficient (Wildman–Crippen LogP) is 4.16. The summed E-state index contributed by atoms with van der Waals surface area (Å²) in [5.41, 5.74) is 0.231. The van der Waals surface area contributed by atoms with E-state index in [1.807, 2.05) is 6.08 Å². The van der Waals surface area contributed by atoms with Gasteiger partial charge in [-0.3, -0.25) is 9.59 Å². The Kier molecular flexibility index (Phi) is 4.91. The average molecular weight is 387 g/mol. The Hall–Kier alpha value is -1.32. The summed E-state index contributed by atoms with van der Waals surface area (Å²) in [6.45, 7) is 11.8. The smallest absolute Gasteiger partial charge is 0.246 e. The second kappa shape index (κ2) is 6.88. The van der Waals surface area contributed by atoms with Crippen molar-refractivity contribution < 1.29 is 9.59 Å². The van der Waals surface area contributed by atoms with E-state index < -0.39 is 0 Å². The fourth-order valence-electron chi connectivity index (χ4n) is 7.79. The highest BCUT2D eigenvalue weighted by Crippen LogP contribution is 2.65. The molecule has 0 unspecified atom stereocenters. The predicted molar refractivity (Wildman–Crippen MR) is 111 cm³/mol. The van der Waals surface area contributed by atoms with Crippen molar-refractivity contribution in [3.8, 4) is 0 Å². The largest absolute Gasteiger partial charge is 0.354 e. The van der Waals surface area contributed by atoms with E-state index in [9.17, 15) is 9.59 Å². The number of carbonyl (C=O) groups excluding carboxylic acids is 2. The fourth-order valence-corrected chi connectivity index (χ4v) is 7.79. The molecule has 0 radical (unpaired) electrons. The molecule has 1 aliphatic heterocycles. The van der Waals surface area contributed by atoms with Crippen LogP contribution in [0, 0.1) is 34.5 Å². The van der Waals surface area contributed by atoms with Gasteiger partial charge in [-0.2, -0.15) is 0 Å². The fraction of sp³-hybridized carbons (Fsp3) is 0.833. The number of hydrogen-bond donors (Lipinski definition) is 1. The van der Waals surface area contributed by atoms with Gasteiger partial charge in [0.15, 0.2) is 0 Å². The third-order valence-electron chi connectivity index (χ3n) is 9.06. The molecule has 4 nitrogen and oxygen atoms in total. The van der Waals surface area contributed by atoms with Crippen LogP contribution in [0.4, 0.5) is 0 Å². The van der Waals surface area contributed by atoms with Gasteiger partial charge in [-0.15, -0.1) is 0 Å². The van der Waals surface area contributed by atoms with E-state index in [-0.39, 0.29) is 34.6 Å². The molecule has 4 aliphatic rings. The maximum atomic E-state index is 12.9. The van der Waals surface area contributed by atoms with E-state index in [0.717, 1.165) is 25.8 Å². The highest BCUT2D eigenvalue weighted by Gasteiger charge is 2.61. The van der Waals surface area contributed by atoms with Crippen LogP contribution in [0.3, 0.4) is 0 Å². The van der Waals surface area contributed by atoms with Gasteiger partial charge in [0.1, 0.15) is 0 Å². The van der Waals surface area contributed by atoms with Gasteiger partial charge in [0.2, 0.25) is 11.8 Å². The minimum absolute atomic E-state index is 0.0897. The van der Waals surface area contributed by atoms with Crippen molar-refractivity contribution >= 4 is 11.8 Å². The molecular formula is C24H38N2O2. The van der Waals surface area contributed by atoms with Gasteiger partial charge in [-0.05, 0) is 88.5 Å². The van der Waals surface area contributed by atoms with Gasteiger partial charge in [-0.1, -0.05) is 19.9 Å². The zero-order chi connectivity index (χ0) is 20.3. The topological polar surface area (TPSA) is 49.4 Å². The number of amides is 2. The van der Waals surface area contributed by atoms with Crippen LogP contribution in [0.25, 0.3) is 0 Å². The van der Waals surface area contributed by atoms with Crippen LogP contribution in [-0.2, 0) is 9.59 Å². The molecular weight excluding hydrogens is 348 g/mol. The number of nitrogens with one attached hydrogen (secondary N) is 1. The average Bonchev–Trinajstić information content (AvgIpc) is 2.99. The molecule has 0 bridgehead atoms. The Morgan fingerprint density at radius 1 is 1.18 bits per heavy atom. The molecule has 0 spiro atoms. The van der Waals surface area contributed by atoms with Crippen molar-refractivity contribution in [1.29, 1.82) is 0 Å². The maximum Gasteiger partial charge on any atom is 0.246 e. The first-order chi connectivity index (χ1) is 13.2. The third kappa shape index (κ3) is 2.77. The van der Waals surface area contributed by atoms with E-state index in [2.05, 4.69) is 50.9 Å². The van der Waals surface area contributed by atoms with Crippen LogP contribution in [0.2, 0.25) is 0 Å². The van der Waals surface area contributed by atoms with Crippen LogP contribution in [0.15, 0.2) is 12.2 Å². The van der Waals surface area contributed by atoms with Crippen LogP contribution in [0.5, 0.6) is 0 Å². The maximum absolute atomic E-state index is 12.9. The highest BCUT2D eigenvalue weighted by atomic mass is 16.2. The van der Waals surface area contributed by atoms with Crippen LogP contribution < -0.4 is 5.32 Å². The molecule has 0 aromatic heterocycles. The van der Waals surface area contributed by atoms with E-state index >= 15 is 0 Å². The first-order valence-electron chi connectivity index (χ1n) is 11.5.